The van der Waals surface area contributed by atoms with Gasteiger partial charge < -0.3 is 15.0 Å². The Kier molecular flexibility index (Phi) is 2.70. The van der Waals surface area contributed by atoms with Crippen LogP contribution in [0.25, 0.3) is 0 Å². The van der Waals surface area contributed by atoms with Gasteiger partial charge in [-0.2, -0.15) is 0 Å². The van der Waals surface area contributed by atoms with Gasteiger partial charge in [0.05, 0.1) is 18.5 Å². The molecule has 0 saturated heterocycles. The van der Waals surface area contributed by atoms with Crippen molar-refractivity contribution in [2.24, 2.45) is 0 Å². The number of aromatic nitrogens is 2. The molecule has 0 fully saturated rings. The first-order valence-electron chi connectivity index (χ1n) is 3.97. The van der Waals surface area contributed by atoms with Gasteiger partial charge in [0, 0.05) is 13.2 Å². The van der Waals surface area contributed by atoms with Crippen LogP contribution in [0.1, 0.15) is 25.6 Å². The number of ether oxygens (including phenoxy) is 1. The molecule has 1 heterocycles. The molecule has 1 rings (SSSR count). The average molecular weight is 169 g/mol. The molecule has 0 saturated carbocycles. The number of methoxy groups -OCH3 is 1. The molecule has 0 unspecified atom stereocenters. The molecule has 12 heavy (non-hydrogen) atoms. The van der Waals surface area contributed by atoms with Crippen molar-refractivity contribution in [3.63, 3.8) is 0 Å². The van der Waals surface area contributed by atoms with E-state index in [4.69, 9.17) is 10.5 Å². The van der Waals surface area contributed by atoms with Gasteiger partial charge in [-0.3, -0.25) is 0 Å². The minimum absolute atomic E-state index is 0.331. The van der Waals surface area contributed by atoms with Crippen LogP contribution in [0.15, 0.2) is 6.20 Å². The minimum Gasteiger partial charge on any atom is -0.378 e. The van der Waals surface area contributed by atoms with Crippen molar-refractivity contribution in [3.05, 3.63) is 11.9 Å². The Hall–Kier alpha value is -1.03. The van der Waals surface area contributed by atoms with Gasteiger partial charge in [0.1, 0.15) is 0 Å². The molecule has 0 atom stereocenters. The molecular formula is C8H15N3O. The lowest BCUT2D eigenvalue weighted by atomic mass is 10.3. The second-order valence-electron chi connectivity index (χ2n) is 3.00. The van der Waals surface area contributed by atoms with E-state index < -0.39 is 0 Å². The predicted octanol–water partition coefficient (Wildman–Crippen LogP) is 1.19. The smallest absolute Gasteiger partial charge is 0.200 e. The summed E-state index contributed by atoms with van der Waals surface area (Å²) in [5.74, 6) is 0.553. The second-order valence-corrected chi connectivity index (χ2v) is 3.00. The fourth-order valence-electron chi connectivity index (χ4n) is 1.26. The van der Waals surface area contributed by atoms with Crippen molar-refractivity contribution >= 4 is 5.95 Å². The molecule has 1 aromatic heterocycles. The van der Waals surface area contributed by atoms with Crippen LogP contribution in [0.5, 0.6) is 0 Å². The van der Waals surface area contributed by atoms with Crippen LogP contribution in [-0.4, -0.2) is 16.7 Å². The summed E-state index contributed by atoms with van der Waals surface area (Å²) < 4.78 is 6.98. The van der Waals surface area contributed by atoms with Crippen LogP contribution in [-0.2, 0) is 11.3 Å². The lowest BCUT2D eigenvalue weighted by Crippen LogP contribution is -2.09. The fraction of sp³-hybridized carbons (Fsp3) is 0.625. The van der Waals surface area contributed by atoms with E-state index in [0.29, 0.717) is 18.6 Å². The molecule has 1 aromatic rings. The number of nitrogen functional groups attached to an aromatic ring is 1. The van der Waals surface area contributed by atoms with E-state index >= 15 is 0 Å². The Morgan fingerprint density at radius 2 is 2.33 bits per heavy atom. The van der Waals surface area contributed by atoms with Gasteiger partial charge >= 0.3 is 0 Å². The molecule has 4 nitrogen and oxygen atoms in total. The Labute approximate surface area is 72.3 Å². The monoisotopic (exact) mass is 169 g/mol. The van der Waals surface area contributed by atoms with Crippen LogP contribution >= 0.6 is 0 Å². The maximum Gasteiger partial charge on any atom is 0.200 e. The SMILES string of the molecule is COCc1cnc(N)n1C(C)C. The normalized spacial score (nSPS) is 11.0. The first kappa shape index (κ1) is 9.06. The molecule has 0 aliphatic rings. The van der Waals surface area contributed by atoms with Gasteiger partial charge in [0.15, 0.2) is 0 Å². The van der Waals surface area contributed by atoms with Gasteiger partial charge in [-0.1, -0.05) is 0 Å². The Bertz CT molecular complexity index is 255. The van der Waals surface area contributed by atoms with Crippen LogP contribution in [0.4, 0.5) is 5.95 Å². The topological polar surface area (TPSA) is 53.1 Å². The molecule has 0 bridgehead atoms. The zero-order valence-corrected chi connectivity index (χ0v) is 7.74. The molecule has 0 aliphatic carbocycles. The van der Waals surface area contributed by atoms with E-state index in [0.717, 1.165) is 5.69 Å². The molecule has 0 radical (unpaired) electrons. The number of nitrogens with two attached hydrogens (primary N) is 1. The molecule has 0 spiro atoms. The summed E-state index contributed by atoms with van der Waals surface area (Å²) in [7, 11) is 1.66. The quantitative estimate of drug-likeness (QED) is 0.739. The van der Waals surface area contributed by atoms with E-state index in [1.807, 2.05) is 4.57 Å². The summed E-state index contributed by atoms with van der Waals surface area (Å²) in [4.78, 5) is 4.02. The van der Waals surface area contributed by atoms with Gasteiger partial charge in [-0.05, 0) is 13.8 Å². The van der Waals surface area contributed by atoms with Crippen LogP contribution in [0.2, 0.25) is 0 Å². The highest BCUT2D eigenvalue weighted by molar-refractivity contribution is 5.23. The zero-order chi connectivity index (χ0) is 9.14. The largest absolute Gasteiger partial charge is 0.378 e. The zero-order valence-electron chi connectivity index (χ0n) is 7.74. The summed E-state index contributed by atoms with van der Waals surface area (Å²) in [6, 6.07) is 0.331. The van der Waals surface area contributed by atoms with E-state index in [1.54, 1.807) is 13.3 Å². The van der Waals surface area contributed by atoms with E-state index in [9.17, 15) is 0 Å². The van der Waals surface area contributed by atoms with E-state index in [2.05, 4.69) is 18.8 Å². The van der Waals surface area contributed by atoms with E-state index in [1.165, 1.54) is 0 Å². The molecule has 4 heteroatoms. The Balaban J connectivity index is 2.95. The fourth-order valence-corrected chi connectivity index (χ4v) is 1.26. The number of anilines is 1. The molecule has 2 N–H and O–H groups in total. The summed E-state index contributed by atoms with van der Waals surface area (Å²) in [6.45, 7) is 4.69. The van der Waals surface area contributed by atoms with Gasteiger partial charge in [0.25, 0.3) is 0 Å². The van der Waals surface area contributed by atoms with Crippen molar-refractivity contribution in [1.82, 2.24) is 9.55 Å². The predicted molar refractivity (Wildman–Crippen MR) is 47.7 cm³/mol. The highest BCUT2D eigenvalue weighted by Gasteiger charge is 2.08. The third-order valence-corrected chi connectivity index (χ3v) is 1.71. The lowest BCUT2D eigenvalue weighted by Gasteiger charge is -2.12. The summed E-state index contributed by atoms with van der Waals surface area (Å²) in [5, 5.41) is 0. The van der Waals surface area contributed by atoms with Crippen LogP contribution in [0.3, 0.4) is 0 Å². The number of hydrogen-bond donors (Lipinski definition) is 1. The maximum atomic E-state index is 5.67. The van der Waals surface area contributed by atoms with Crippen LogP contribution < -0.4 is 5.73 Å². The van der Waals surface area contributed by atoms with Crippen molar-refractivity contribution in [2.45, 2.75) is 26.5 Å². The average Bonchev–Trinajstić information content (AvgIpc) is 2.32. The lowest BCUT2D eigenvalue weighted by molar-refractivity contribution is 0.177. The summed E-state index contributed by atoms with van der Waals surface area (Å²) >= 11 is 0. The van der Waals surface area contributed by atoms with Gasteiger partial charge in [-0.25, -0.2) is 4.98 Å². The maximum absolute atomic E-state index is 5.67. The first-order valence-corrected chi connectivity index (χ1v) is 3.97. The highest BCUT2D eigenvalue weighted by Crippen LogP contribution is 2.15. The molecule has 0 amide bonds. The van der Waals surface area contributed by atoms with Crippen molar-refractivity contribution in [1.29, 1.82) is 0 Å². The number of nitrogens with zero attached hydrogens (tertiary/aromatic N) is 2. The molecule has 0 aromatic carbocycles. The number of imidazole rings is 1. The second kappa shape index (κ2) is 3.58. The van der Waals surface area contributed by atoms with E-state index in [-0.39, 0.29) is 0 Å². The first-order chi connectivity index (χ1) is 5.66. The Morgan fingerprint density at radius 1 is 1.67 bits per heavy atom. The highest BCUT2D eigenvalue weighted by atomic mass is 16.5. The number of hydrogen-bond acceptors (Lipinski definition) is 3. The van der Waals surface area contributed by atoms with Crippen LogP contribution in [0, 0.1) is 0 Å². The third kappa shape index (κ3) is 1.58. The molecule has 68 valence electrons. The van der Waals surface area contributed by atoms with Gasteiger partial charge in [0.2, 0.25) is 5.95 Å². The van der Waals surface area contributed by atoms with Gasteiger partial charge in [-0.15, -0.1) is 0 Å². The molecular weight excluding hydrogens is 154 g/mol. The molecule has 0 aliphatic heterocycles. The standard InChI is InChI=1S/C8H15N3O/c1-6(2)11-7(5-12-3)4-10-8(11)9/h4,6H,5H2,1-3H3,(H2,9,10). The Morgan fingerprint density at radius 3 is 2.83 bits per heavy atom. The summed E-state index contributed by atoms with van der Waals surface area (Å²) in [6.07, 6.45) is 1.75. The van der Waals surface area contributed by atoms with Crippen molar-refractivity contribution in [3.8, 4) is 0 Å². The van der Waals surface area contributed by atoms with Crippen molar-refractivity contribution in [2.75, 3.05) is 12.8 Å². The number of rotatable bonds is 3. The minimum atomic E-state index is 0.331. The summed E-state index contributed by atoms with van der Waals surface area (Å²) in [5.41, 5.74) is 6.69. The van der Waals surface area contributed by atoms with Crippen molar-refractivity contribution < 1.29 is 4.74 Å². The third-order valence-electron chi connectivity index (χ3n) is 1.71.